The summed E-state index contributed by atoms with van der Waals surface area (Å²) in [5.41, 5.74) is 6.30. The fourth-order valence-corrected chi connectivity index (χ4v) is 2.11. The SMILES string of the molecule is Cc1occc1C(=O)N1CCCC1CN.Cl. The van der Waals surface area contributed by atoms with Crippen molar-refractivity contribution in [1.82, 2.24) is 4.90 Å². The lowest BCUT2D eigenvalue weighted by Crippen LogP contribution is -2.39. The molecule has 1 aliphatic rings. The van der Waals surface area contributed by atoms with Crippen LogP contribution in [-0.4, -0.2) is 29.9 Å². The summed E-state index contributed by atoms with van der Waals surface area (Å²) in [5, 5.41) is 0. The zero-order valence-corrected chi connectivity index (χ0v) is 10.1. The highest BCUT2D eigenvalue weighted by Gasteiger charge is 2.29. The van der Waals surface area contributed by atoms with Gasteiger partial charge in [-0.2, -0.15) is 0 Å². The number of nitrogens with two attached hydrogens (primary N) is 1. The van der Waals surface area contributed by atoms with E-state index >= 15 is 0 Å². The Labute approximate surface area is 101 Å². The number of aryl methyl sites for hydroxylation is 1. The zero-order chi connectivity index (χ0) is 10.8. The van der Waals surface area contributed by atoms with Gasteiger partial charge < -0.3 is 15.1 Å². The maximum Gasteiger partial charge on any atom is 0.257 e. The molecule has 1 amide bonds. The Morgan fingerprint density at radius 1 is 1.69 bits per heavy atom. The van der Waals surface area contributed by atoms with Gasteiger partial charge in [-0.25, -0.2) is 0 Å². The topological polar surface area (TPSA) is 59.5 Å². The molecule has 0 radical (unpaired) electrons. The predicted octanol–water partition coefficient (Wildman–Crippen LogP) is 1.57. The molecule has 2 N–H and O–H groups in total. The van der Waals surface area contributed by atoms with Crippen LogP contribution in [0, 0.1) is 6.92 Å². The molecule has 1 aromatic rings. The number of carbonyl (C=O) groups excluding carboxylic acids is 1. The average Bonchev–Trinajstić information content (AvgIpc) is 2.84. The summed E-state index contributed by atoms with van der Waals surface area (Å²) in [7, 11) is 0. The molecule has 1 atom stereocenters. The van der Waals surface area contributed by atoms with Gasteiger partial charge in [-0.1, -0.05) is 0 Å². The minimum Gasteiger partial charge on any atom is -0.469 e. The first-order valence-corrected chi connectivity index (χ1v) is 5.29. The molecule has 2 heterocycles. The number of hydrogen-bond acceptors (Lipinski definition) is 3. The van der Waals surface area contributed by atoms with Crippen LogP contribution in [0.4, 0.5) is 0 Å². The maximum atomic E-state index is 12.1. The Balaban J connectivity index is 0.00000128. The van der Waals surface area contributed by atoms with Crippen LogP contribution in [-0.2, 0) is 0 Å². The van der Waals surface area contributed by atoms with Crippen molar-refractivity contribution < 1.29 is 9.21 Å². The number of hydrogen-bond donors (Lipinski definition) is 1. The molecule has 16 heavy (non-hydrogen) atoms. The smallest absolute Gasteiger partial charge is 0.257 e. The Morgan fingerprint density at radius 3 is 3.00 bits per heavy atom. The van der Waals surface area contributed by atoms with Gasteiger partial charge in [0.05, 0.1) is 11.8 Å². The standard InChI is InChI=1S/C11H16N2O2.ClH/c1-8-10(4-6-15-8)11(14)13-5-2-3-9(13)7-12;/h4,6,9H,2-3,5,7,12H2,1H3;1H. The Kier molecular flexibility index (Phi) is 4.38. The molecule has 1 saturated heterocycles. The van der Waals surface area contributed by atoms with E-state index in [1.54, 1.807) is 19.3 Å². The number of furan rings is 1. The number of likely N-dealkylation sites (tertiary alicyclic amines) is 1. The normalized spacial score (nSPS) is 19.6. The molecule has 1 aromatic heterocycles. The minimum atomic E-state index is 0. The Hall–Kier alpha value is -1.00. The van der Waals surface area contributed by atoms with E-state index in [9.17, 15) is 4.79 Å². The molecule has 0 saturated carbocycles. The monoisotopic (exact) mass is 244 g/mol. The summed E-state index contributed by atoms with van der Waals surface area (Å²) >= 11 is 0. The summed E-state index contributed by atoms with van der Waals surface area (Å²) in [6, 6.07) is 1.93. The maximum absolute atomic E-state index is 12.1. The largest absolute Gasteiger partial charge is 0.469 e. The van der Waals surface area contributed by atoms with E-state index in [2.05, 4.69) is 0 Å². The molecule has 2 rings (SSSR count). The molecule has 0 aliphatic carbocycles. The molecule has 90 valence electrons. The van der Waals surface area contributed by atoms with Gasteiger partial charge in [-0.15, -0.1) is 12.4 Å². The van der Waals surface area contributed by atoms with Crippen LogP contribution in [0.1, 0.15) is 29.0 Å². The van der Waals surface area contributed by atoms with Crippen molar-refractivity contribution in [3.63, 3.8) is 0 Å². The first-order chi connectivity index (χ1) is 7.24. The summed E-state index contributed by atoms with van der Waals surface area (Å²) in [4.78, 5) is 14.0. The molecule has 1 unspecified atom stereocenters. The van der Waals surface area contributed by atoms with Gasteiger partial charge in [0.1, 0.15) is 5.76 Å². The van der Waals surface area contributed by atoms with E-state index in [1.165, 1.54) is 0 Å². The van der Waals surface area contributed by atoms with Gasteiger partial charge >= 0.3 is 0 Å². The molecule has 0 spiro atoms. The average molecular weight is 245 g/mol. The third-order valence-corrected chi connectivity index (χ3v) is 3.00. The van der Waals surface area contributed by atoms with Gasteiger partial charge in [-0.3, -0.25) is 4.79 Å². The highest BCUT2D eigenvalue weighted by Crippen LogP contribution is 2.21. The fourth-order valence-electron chi connectivity index (χ4n) is 2.11. The van der Waals surface area contributed by atoms with E-state index in [0.717, 1.165) is 19.4 Å². The van der Waals surface area contributed by atoms with E-state index in [1.807, 2.05) is 4.90 Å². The second kappa shape index (κ2) is 5.37. The Bertz CT molecular complexity index is 365. The van der Waals surface area contributed by atoms with Gasteiger partial charge in [0, 0.05) is 19.1 Å². The Morgan fingerprint density at radius 2 is 2.44 bits per heavy atom. The van der Waals surface area contributed by atoms with Crippen LogP contribution in [0.15, 0.2) is 16.7 Å². The molecule has 4 nitrogen and oxygen atoms in total. The fraction of sp³-hybridized carbons (Fsp3) is 0.545. The second-order valence-corrected chi connectivity index (χ2v) is 3.92. The van der Waals surface area contributed by atoms with Gasteiger partial charge in [-0.05, 0) is 25.8 Å². The third-order valence-electron chi connectivity index (χ3n) is 3.00. The minimum absolute atomic E-state index is 0. The molecule has 1 fully saturated rings. The van der Waals surface area contributed by atoms with E-state index in [4.69, 9.17) is 10.2 Å². The van der Waals surface area contributed by atoms with E-state index in [0.29, 0.717) is 17.9 Å². The quantitative estimate of drug-likeness (QED) is 0.859. The molecule has 0 bridgehead atoms. The van der Waals surface area contributed by atoms with Gasteiger partial charge in [0.2, 0.25) is 0 Å². The van der Waals surface area contributed by atoms with Crippen LogP contribution >= 0.6 is 12.4 Å². The number of rotatable bonds is 2. The van der Waals surface area contributed by atoms with E-state index < -0.39 is 0 Å². The van der Waals surface area contributed by atoms with Gasteiger partial charge in [0.25, 0.3) is 5.91 Å². The molecular weight excluding hydrogens is 228 g/mol. The first-order valence-electron chi connectivity index (χ1n) is 5.29. The zero-order valence-electron chi connectivity index (χ0n) is 9.31. The number of amides is 1. The lowest BCUT2D eigenvalue weighted by atomic mass is 10.2. The van der Waals surface area contributed by atoms with Gasteiger partial charge in [0.15, 0.2) is 0 Å². The number of halogens is 1. The second-order valence-electron chi connectivity index (χ2n) is 3.92. The molecular formula is C11H17ClN2O2. The number of nitrogens with zero attached hydrogens (tertiary/aromatic N) is 1. The third kappa shape index (κ3) is 2.23. The van der Waals surface area contributed by atoms with Crippen molar-refractivity contribution in [2.75, 3.05) is 13.1 Å². The summed E-state index contributed by atoms with van der Waals surface area (Å²) < 4.78 is 5.14. The van der Waals surface area contributed by atoms with Crippen molar-refractivity contribution in [3.05, 3.63) is 23.7 Å². The molecule has 1 aliphatic heterocycles. The predicted molar refractivity (Wildman–Crippen MR) is 63.8 cm³/mol. The number of carbonyl (C=O) groups is 1. The van der Waals surface area contributed by atoms with Crippen LogP contribution < -0.4 is 5.73 Å². The van der Waals surface area contributed by atoms with Crippen molar-refractivity contribution in [3.8, 4) is 0 Å². The van der Waals surface area contributed by atoms with Crippen molar-refractivity contribution in [2.24, 2.45) is 5.73 Å². The molecule has 5 heteroatoms. The van der Waals surface area contributed by atoms with Crippen molar-refractivity contribution in [2.45, 2.75) is 25.8 Å². The summed E-state index contributed by atoms with van der Waals surface area (Å²) in [5.74, 6) is 0.733. The van der Waals surface area contributed by atoms with Crippen LogP contribution in [0.5, 0.6) is 0 Å². The highest BCUT2D eigenvalue weighted by atomic mass is 35.5. The van der Waals surface area contributed by atoms with Crippen molar-refractivity contribution >= 4 is 18.3 Å². The van der Waals surface area contributed by atoms with Crippen molar-refractivity contribution in [1.29, 1.82) is 0 Å². The van der Waals surface area contributed by atoms with E-state index in [-0.39, 0.29) is 24.4 Å². The summed E-state index contributed by atoms with van der Waals surface area (Å²) in [6.07, 6.45) is 3.61. The summed E-state index contributed by atoms with van der Waals surface area (Å²) in [6.45, 7) is 3.16. The van der Waals surface area contributed by atoms with Crippen LogP contribution in [0.2, 0.25) is 0 Å². The van der Waals surface area contributed by atoms with Crippen LogP contribution in [0.25, 0.3) is 0 Å². The highest BCUT2D eigenvalue weighted by molar-refractivity contribution is 5.95. The van der Waals surface area contributed by atoms with Crippen LogP contribution in [0.3, 0.4) is 0 Å². The molecule has 0 aromatic carbocycles. The first kappa shape index (κ1) is 13.1. The lowest BCUT2D eigenvalue weighted by molar-refractivity contribution is 0.0739. The lowest BCUT2D eigenvalue weighted by Gasteiger charge is -2.23.